The number of amides is 1. The molecule has 0 aliphatic carbocycles. The van der Waals surface area contributed by atoms with Crippen molar-refractivity contribution in [2.45, 2.75) is 39.7 Å². The second-order valence-corrected chi connectivity index (χ2v) is 5.37. The molecule has 0 spiro atoms. The van der Waals surface area contributed by atoms with Crippen LogP contribution in [0.1, 0.15) is 32.8 Å². The number of carbonyl (C=O) groups excluding carboxylic acids is 1. The summed E-state index contributed by atoms with van der Waals surface area (Å²) >= 11 is 0. The highest BCUT2D eigenvalue weighted by atomic mass is 16.2. The molecule has 1 unspecified atom stereocenters. The molecule has 1 aromatic rings. The highest BCUT2D eigenvalue weighted by molar-refractivity contribution is 5.84. The van der Waals surface area contributed by atoms with Crippen molar-refractivity contribution in [3.63, 3.8) is 0 Å². The van der Waals surface area contributed by atoms with Crippen LogP contribution in [0.2, 0.25) is 0 Å². The first-order valence-electron chi connectivity index (χ1n) is 7.03. The van der Waals surface area contributed by atoms with E-state index in [-0.39, 0.29) is 11.9 Å². The summed E-state index contributed by atoms with van der Waals surface area (Å²) in [7, 11) is 0. The molecule has 0 saturated carbocycles. The summed E-state index contributed by atoms with van der Waals surface area (Å²) in [6.45, 7) is 6.82. The number of benzene rings is 1. The first kappa shape index (κ1) is 16.0. The van der Waals surface area contributed by atoms with Crippen LogP contribution in [0, 0.1) is 17.2 Å². The zero-order valence-corrected chi connectivity index (χ0v) is 12.4. The molecule has 0 aliphatic rings. The van der Waals surface area contributed by atoms with Gasteiger partial charge >= 0.3 is 0 Å². The quantitative estimate of drug-likeness (QED) is 0.802. The maximum Gasteiger partial charge on any atom is 0.242 e. The molecule has 108 valence electrons. The van der Waals surface area contributed by atoms with Gasteiger partial charge in [-0.15, -0.1) is 0 Å². The summed E-state index contributed by atoms with van der Waals surface area (Å²) in [6.07, 6.45) is 1.40. The van der Waals surface area contributed by atoms with Crippen LogP contribution in [0.4, 0.5) is 5.69 Å². The standard InChI is InChI=1S/C16H23N3O/c1-12(2)9-11-18-16(20)13(3)19-15-6-4-14(5-7-15)8-10-17/h4-7,12-13,19H,8-9,11H2,1-3H3,(H,18,20). The summed E-state index contributed by atoms with van der Waals surface area (Å²) in [4.78, 5) is 11.9. The molecule has 1 amide bonds. The van der Waals surface area contributed by atoms with Crippen LogP contribution in [0.5, 0.6) is 0 Å². The Balaban J connectivity index is 2.42. The van der Waals surface area contributed by atoms with Gasteiger partial charge in [0.25, 0.3) is 0 Å². The Morgan fingerprint density at radius 3 is 2.45 bits per heavy atom. The Morgan fingerprint density at radius 1 is 1.25 bits per heavy atom. The van der Waals surface area contributed by atoms with Gasteiger partial charge in [-0.25, -0.2) is 0 Å². The summed E-state index contributed by atoms with van der Waals surface area (Å²) in [5.41, 5.74) is 1.87. The van der Waals surface area contributed by atoms with E-state index in [1.165, 1.54) is 0 Å². The third kappa shape index (κ3) is 5.75. The average Bonchev–Trinajstić information content (AvgIpc) is 2.40. The Hall–Kier alpha value is -2.02. The number of rotatable bonds is 7. The Morgan fingerprint density at radius 2 is 1.90 bits per heavy atom. The molecule has 4 nitrogen and oxygen atoms in total. The van der Waals surface area contributed by atoms with E-state index in [4.69, 9.17) is 5.26 Å². The van der Waals surface area contributed by atoms with Gasteiger partial charge in [0.2, 0.25) is 5.91 Å². The lowest BCUT2D eigenvalue weighted by Crippen LogP contribution is -2.38. The van der Waals surface area contributed by atoms with Gasteiger partial charge < -0.3 is 10.6 Å². The Bertz CT molecular complexity index is 460. The molecular formula is C16H23N3O. The number of carbonyl (C=O) groups is 1. The summed E-state index contributed by atoms with van der Waals surface area (Å²) in [6, 6.07) is 9.42. The van der Waals surface area contributed by atoms with E-state index in [0.717, 1.165) is 17.7 Å². The molecule has 20 heavy (non-hydrogen) atoms. The molecule has 0 aliphatic heterocycles. The highest BCUT2D eigenvalue weighted by Gasteiger charge is 2.11. The van der Waals surface area contributed by atoms with Gasteiger partial charge in [0.05, 0.1) is 12.5 Å². The number of hydrogen-bond donors (Lipinski definition) is 2. The van der Waals surface area contributed by atoms with Gasteiger partial charge in [0.1, 0.15) is 6.04 Å². The number of nitrogens with one attached hydrogen (secondary N) is 2. The molecule has 1 aromatic carbocycles. The molecule has 0 heterocycles. The van der Waals surface area contributed by atoms with E-state index in [2.05, 4.69) is 30.6 Å². The van der Waals surface area contributed by atoms with Gasteiger partial charge in [-0.3, -0.25) is 4.79 Å². The van der Waals surface area contributed by atoms with E-state index in [1.54, 1.807) is 0 Å². The van der Waals surface area contributed by atoms with Crippen molar-refractivity contribution in [2.24, 2.45) is 5.92 Å². The monoisotopic (exact) mass is 273 g/mol. The lowest BCUT2D eigenvalue weighted by atomic mass is 10.1. The number of nitrogens with zero attached hydrogens (tertiary/aromatic N) is 1. The van der Waals surface area contributed by atoms with Crippen molar-refractivity contribution in [3.8, 4) is 6.07 Å². The molecule has 0 saturated heterocycles. The average molecular weight is 273 g/mol. The van der Waals surface area contributed by atoms with Crippen LogP contribution in [0.15, 0.2) is 24.3 Å². The first-order chi connectivity index (χ1) is 9.52. The summed E-state index contributed by atoms with van der Waals surface area (Å²) in [5, 5.41) is 14.7. The zero-order valence-electron chi connectivity index (χ0n) is 12.4. The van der Waals surface area contributed by atoms with Crippen molar-refractivity contribution < 1.29 is 4.79 Å². The molecule has 0 aromatic heterocycles. The minimum atomic E-state index is -0.274. The normalized spacial score (nSPS) is 11.8. The van der Waals surface area contributed by atoms with Gasteiger partial charge in [-0.2, -0.15) is 5.26 Å². The molecular weight excluding hydrogens is 250 g/mol. The molecule has 0 fully saturated rings. The van der Waals surface area contributed by atoms with Gasteiger partial charge in [0.15, 0.2) is 0 Å². The molecule has 0 bridgehead atoms. The fraction of sp³-hybridized carbons (Fsp3) is 0.500. The van der Waals surface area contributed by atoms with Crippen LogP contribution >= 0.6 is 0 Å². The first-order valence-corrected chi connectivity index (χ1v) is 7.03. The third-order valence-corrected chi connectivity index (χ3v) is 3.03. The molecule has 0 radical (unpaired) electrons. The van der Waals surface area contributed by atoms with Crippen molar-refractivity contribution in [2.75, 3.05) is 11.9 Å². The second-order valence-electron chi connectivity index (χ2n) is 5.37. The fourth-order valence-corrected chi connectivity index (χ4v) is 1.76. The van der Waals surface area contributed by atoms with Crippen LogP contribution in [0.25, 0.3) is 0 Å². The Kier molecular flexibility index (Phi) is 6.58. The van der Waals surface area contributed by atoms with Gasteiger partial charge in [-0.05, 0) is 37.0 Å². The van der Waals surface area contributed by atoms with Crippen molar-refractivity contribution in [1.29, 1.82) is 5.26 Å². The Labute approximate surface area is 121 Å². The van der Waals surface area contributed by atoms with Crippen molar-refractivity contribution in [1.82, 2.24) is 5.32 Å². The van der Waals surface area contributed by atoms with Crippen molar-refractivity contribution >= 4 is 11.6 Å². The largest absolute Gasteiger partial charge is 0.374 e. The van der Waals surface area contributed by atoms with Gasteiger partial charge in [0, 0.05) is 12.2 Å². The lowest BCUT2D eigenvalue weighted by molar-refractivity contribution is -0.121. The third-order valence-electron chi connectivity index (χ3n) is 3.03. The predicted octanol–water partition coefficient (Wildman–Crippen LogP) is 2.72. The van der Waals surface area contributed by atoms with E-state index in [1.807, 2.05) is 31.2 Å². The van der Waals surface area contributed by atoms with Crippen molar-refractivity contribution in [3.05, 3.63) is 29.8 Å². The number of hydrogen-bond acceptors (Lipinski definition) is 3. The highest BCUT2D eigenvalue weighted by Crippen LogP contribution is 2.11. The zero-order chi connectivity index (χ0) is 15.0. The van der Waals surface area contributed by atoms with E-state index >= 15 is 0 Å². The topological polar surface area (TPSA) is 64.9 Å². The van der Waals surface area contributed by atoms with Crippen LogP contribution in [0.3, 0.4) is 0 Å². The lowest BCUT2D eigenvalue weighted by Gasteiger charge is -2.16. The number of anilines is 1. The minimum Gasteiger partial charge on any atom is -0.374 e. The van der Waals surface area contributed by atoms with Crippen LogP contribution in [-0.4, -0.2) is 18.5 Å². The van der Waals surface area contributed by atoms with Crippen LogP contribution in [-0.2, 0) is 11.2 Å². The maximum absolute atomic E-state index is 11.9. The van der Waals surface area contributed by atoms with Gasteiger partial charge in [-0.1, -0.05) is 26.0 Å². The second kappa shape index (κ2) is 8.21. The summed E-state index contributed by atoms with van der Waals surface area (Å²) < 4.78 is 0. The van der Waals surface area contributed by atoms with E-state index in [0.29, 0.717) is 18.9 Å². The minimum absolute atomic E-state index is 0.00625. The molecule has 4 heteroatoms. The van der Waals surface area contributed by atoms with Crippen LogP contribution < -0.4 is 10.6 Å². The van der Waals surface area contributed by atoms with E-state index < -0.39 is 0 Å². The predicted molar refractivity (Wildman–Crippen MR) is 81.3 cm³/mol. The number of nitriles is 1. The smallest absolute Gasteiger partial charge is 0.242 e. The fourth-order valence-electron chi connectivity index (χ4n) is 1.76. The summed E-state index contributed by atoms with van der Waals surface area (Å²) in [5.74, 6) is 0.595. The molecule has 1 atom stereocenters. The SMILES string of the molecule is CC(C)CCNC(=O)C(C)Nc1ccc(CC#N)cc1. The molecule has 1 rings (SSSR count). The van der Waals surface area contributed by atoms with E-state index in [9.17, 15) is 4.79 Å². The molecule has 2 N–H and O–H groups in total. The maximum atomic E-state index is 11.9.